The Bertz CT molecular complexity index is 444. The van der Waals surface area contributed by atoms with Gasteiger partial charge in [0, 0.05) is 16.0 Å². The van der Waals surface area contributed by atoms with Crippen molar-refractivity contribution in [3.63, 3.8) is 0 Å². The molecule has 1 aliphatic heterocycles. The average molecular weight is 237 g/mol. The van der Waals surface area contributed by atoms with E-state index in [1.807, 2.05) is 32.1 Å². The van der Waals surface area contributed by atoms with Gasteiger partial charge in [-0.05, 0) is 23.8 Å². The minimum Gasteiger partial charge on any atom is -0.461 e. The first-order chi connectivity index (χ1) is 7.49. The van der Waals surface area contributed by atoms with Crippen LogP contribution < -0.4 is 0 Å². The van der Waals surface area contributed by atoms with Crippen LogP contribution in [0.5, 0.6) is 0 Å². The lowest BCUT2D eigenvalue weighted by Crippen LogP contribution is -2.13. The maximum Gasteiger partial charge on any atom is 0.334 e. The van der Waals surface area contributed by atoms with Crippen molar-refractivity contribution in [3.8, 4) is 0 Å². The van der Waals surface area contributed by atoms with Crippen molar-refractivity contribution < 1.29 is 9.53 Å². The summed E-state index contributed by atoms with van der Waals surface area (Å²) in [7, 11) is 0. The van der Waals surface area contributed by atoms with Gasteiger partial charge in [-0.25, -0.2) is 4.79 Å². The summed E-state index contributed by atoms with van der Waals surface area (Å²) < 4.78 is 5.04. The third-order valence-electron chi connectivity index (χ3n) is 2.69. The maximum atomic E-state index is 11.5. The van der Waals surface area contributed by atoms with Crippen LogP contribution in [-0.4, -0.2) is 12.6 Å². The quantitative estimate of drug-likeness (QED) is 0.552. The van der Waals surface area contributed by atoms with Crippen molar-refractivity contribution in [2.24, 2.45) is 5.41 Å². The minimum atomic E-state index is -0.222. The first-order valence-corrected chi connectivity index (χ1v) is 5.52. The third-order valence-corrected chi connectivity index (χ3v) is 2.95. The molecule has 0 amide bonds. The van der Waals surface area contributed by atoms with Gasteiger partial charge in [0.2, 0.25) is 0 Å². The number of ether oxygens (including phenoxy) is 1. The van der Waals surface area contributed by atoms with Crippen molar-refractivity contribution in [2.75, 3.05) is 6.61 Å². The van der Waals surface area contributed by atoms with Crippen LogP contribution in [0.3, 0.4) is 0 Å². The van der Waals surface area contributed by atoms with Crippen molar-refractivity contribution in [1.29, 1.82) is 0 Å². The Balaban J connectivity index is 2.36. The largest absolute Gasteiger partial charge is 0.461 e. The molecule has 1 saturated heterocycles. The van der Waals surface area contributed by atoms with Crippen LogP contribution in [0, 0.1) is 5.41 Å². The van der Waals surface area contributed by atoms with Gasteiger partial charge in [-0.1, -0.05) is 37.6 Å². The highest BCUT2D eigenvalue weighted by molar-refractivity contribution is 6.30. The second kappa shape index (κ2) is 3.95. The number of benzene rings is 1. The minimum absolute atomic E-state index is 0.212. The van der Waals surface area contributed by atoms with Gasteiger partial charge in [-0.3, -0.25) is 0 Å². The number of carbonyl (C=O) groups excluding carboxylic acids is 1. The van der Waals surface area contributed by atoms with E-state index in [0.717, 1.165) is 11.1 Å². The van der Waals surface area contributed by atoms with Crippen molar-refractivity contribution in [1.82, 2.24) is 0 Å². The Morgan fingerprint density at radius 2 is 1.94 bits per heavy atom. The number of cyclic esters (lactones) is 1. The summed E-state index contributed by atoms with van der Waals surface area (Å²) in [4.78, 5) is 11.5. The van der Waals surface area contributed by atoms with Gasteiger partial charge in [0.25, 0.3) is 0 Å². The molecule has 16 heavy (non-hydrogen) atoms. The second-order valence-electron chi connectivity index (χ2n) is 4.57. The van der Waals surface area contributed by atoms with E-state index in [0.29, 0.717) is 11.6 Å². The Morgan fingerprint density at radius 1 is 1.31 bits per heavy atom. The Kier molecular flexibility index (Phi) is 2.76. The monoisotopic (exact) mass is 236 g/mol. The van der Waals surface area contributed by atoms with E-state index in [9.17, 15) is 4.79 Å². The first kappa shape index (κ1) is 11.2. The standard InChI is InChI=1S/C13H13ClO2/c1-13(2)8-16-12(15)11(13)7-9-3-5-10(14)6-4-9/h3-7H,8H2,1-2H3/b11-7-. The average Bonchev–Trinajstić information content (AvgIpc) is 2.48. The Morgan fingerprint density at radius 3 is 2.44 bits per heavy atom. The molecule has 84 valence electrons. The van der Waals surface area contributed by atoms with Gasteiger partial charge in [0.1, 0.15) is 6.61 Å². The van der Waals surface area contributed by atoms with E-state index in [-0.39, 0.29) is 11.4 Å². The van der Waals surface area contributed by atoms with E-state index >= 15 is 0 Å². The van der Waals surface area contributed by atoms with Crippen LogP contribution in [0.1, 0.15) is 19.4 Å². The molecule has 1 aromatic rings. The van der Waals surface area contributed by atoms with Crippen LogP contribution in [-0.2, 0) is 9.53 Å². The van der Waals surface area contributed by atoms with E-state index in [4.69, 9.17) is 16.3 Å². The van der Waals surface area contributed by atoms with Gasteiger partial charge in [0.15, 0.2) is 0 Å². The summed E-state index contributed by atoms with van der Waals surface area (Å²) in [6, 6.07) is 7.39. The number of hydrogen-bond donors (Lipinski definition) is 0. The number of hydrogen-bond acceptors (Lipinski definition) is 2. The molecule has 0 aliphatic carbocycles. The molecule has 0 N–H and O–H groups in total. The lowest BCUT2D eigenvalue weighted by Gasteiger charge is -2.14. The SMILES string of the molecule is CC1(C)COC(=O)/C1=C/c1ccc(Cl)cc1. The summed E-state index contributed by atoms with van der Waals surface area (Å²) in [5, 5.41) is 0.690. The molecule has 1 aromatic carbocycles. The first-order valence-electron chi connectivity index (χ1n) is 5.14. The summed E-state index contributed by atoms with van der Waals surface area (Å²) >= 11 is 5.80. The van der Waals surface area contributed by atoms with Crippen LogP contribution in [0.25, 0.3) is 6.08 Å². The van der Waals surface area contributed by atoms with Crippen LogP contribution in [0.4, 0.5) is 0 Å². The highest BCUT2D eigenvalue weighted by atomic mass is 35.5. The topological polar surface area (TPSA) is 26.3 Å². The molecule has 0 spiro atoms. The molecule has 2 nitrogen and oxygen atoms in total. The normalized spacial score (nSPS) is 21.2. The van der Waals surface area contributed by atoms with Gasteiger partial charge in [-0.2, -0.15) is 0 Å². The predicted molar refractivity (Wildman–Crippen MR) is 64.2 cm³/mol. The van der Waals surface area contributed by atoms with Gasteiger partial charge in [-0.15, -0.1) is 0 Å². The molecule has 1 heterocycles. The van der Waals surface area contributed by atoms with E-state index < -0.39 is 0 Å². The van der Waals surface area contributed by atoms with Crippen LogP contribution in [0.2, 0.25) is 5.02 Å². The number of rotatable bonds is 1. The highest BCUT2D eigenvalue weighted by Gasteiger charge is 2.37. The molecule has 0 unspecified atom stereocenters. The zero-order chi connectivity index (χ0) is 11.8. The van der Waals surface area contributed by atoms with Crippen molar-refractivity contribution >= 4 is 23.6 Å². The second-order valence-corrected chi connectivity index (χ2v) is 5.01. The lowest BCUT2D eigenvalue weighted by molar-refractivity contribution is -0.135. The summed E-state index contributed by atoms with van der Waals surface area (Å²) in [5.41, 5.74) is 1.47. The molecule has 0 saturated carbocycles. The van der Waals surface area contributed by atoms with Crippen LogP contribution >= 0.6 is 11.6 Å². The van der Waals surface area contributed by atoms with E-state index in [2.05, 4.69) is 0 Å². The molecule has 2 rings (SSSR count). The summed E-state index contributed by atoms with van der Waals surface area (Å²) in [6.07, 6.45) is 1.87. The number of carbonyl (C=O) groups is 1. The smallest absolute Gasteiger partial charge is 0.334 e. The fourth-order valence-corrected chi connectivity index (χ4v) is 1.78. The maximum absolute atomic E-state index is 11.5. The summed E-state index contributed by atoms with van der Waals surface area (Å²) in [6.45, 7) is 4.45. The van der Waals surface area contributed by atoms with Gasteiger partial charge >= 0.3 is 5.97 Å². The molecular weight excluding hydrogens is 224 g/mol. The molecule has 0 bridgehead atoms. The lowest BCUT2D eigenvalue weighted by atomic mass is 9.86. The predicted octanol–water partition coefficient (Wildman–Crippen LogP) is 3.31. The molecule has 0 aromatic heterocycles. The van der Waals surface area contributed by atoms with Crippen molar-refractivity contribution in [3.05, 3.63) is 40.4 Å². The number of halogens is 1. The molecule has 0 atom stereocenters. The molecule has 1 fully saturated rings. The molecule has 0 radical (unpaired) electrons. The Hall–Kier alpha value is -1.28. The van der Waals surface area contributed by atoms with Gasteiger partial charge < -0.3 is 4.74 Å². The molecule has 3 heteroatoms. The van der Waals surface area contributed by atoms with Crippen molar-refractivity contribution in [2.45, 2.75) is 13.8 Å². The fourth-order valence-electron chi connectivity index (χ4n) is 1.66. The number of esters is 1. The zero-order valence-corrected chi connectivity index (χ0v) is 10.0. The van der Waals surface area contributed by atoms with E-state index in [1.54, 1.807) is 12.1 Å². The van der Waals surface area contributed by atoms with E-state index in [1.165, 1.54) is 0 Å². The highest BCUT2D eigenvalue weighted by Crippen LogP contribution is 2.35. The summed E-state index contributed by atoms with van der Waals surface area (Å²) in [5.74, 6) is -0.222. The zero-order valence-electron chi connectivity index (χ0n) is 9.29. The Labute approximate surface area is 99.9 Å². The molecule has 1 aliphatic rings. The van der Waals surface area contributed by atoms with Gasteiger partial charge in [0.05, 0.1) is 0 Å². The third kappa shape index (κ3) is 2.12. The van der Waals surface area contributed by atoms with Crippen LogP contribution in [0.15, 0.2) is 29.8 Å². The molecular formula is C13H13ClO2. The fraction of sp³-hybridized carbons (Fsp3) is 0.308.